The molecule has 0 atom stereocenters. The number of aldehydes is 1. The Morgan fingerprint density at radius 3 is 2.58 bits per heavy atom. The van der Waals surface area contributed by atoms with E-state index in [1.54, 1.807) is 18.2 Å². The number of carbonyl (C=O) groups is 1. The molecule has 19 heavy (non-hydrogen) atoms. The van der Waals surface area contributed by atoms with Gasteiger partial charge in [-0.3, -0.25) is 4.79 Å². The van der Waals surface area contributed by atoms with Gasteiger partial charge in [0.1, 0.15) is 5.82 Å². The number of hydrogen-bond acceptors (Lipinski definition) is 1. The van der Waals surface area contributed by atoms with Crippen LogP contribution in [0, 0.1) is 12.7 Å². The van der Waals surface area contributed by atoms with Crippen LogP contribution in [-0.4, -0.2) is 10.7 Å². The van der Waals surface area contributed by atoms with Gasteiger partial charge in [0, 0.05) is 23.0 Å². The summed E-state index contributed by atoms with van der Waals surface area (Å²) in [7, 11) is 0. The van der Waals surface area contributed by atoms with Crippen LogP contribution in [-0.2, 0) is 0 Å². The van der Waals surface area contributed by atoms with E-state index in [1.165, 1.54) is 12.1 Å². The summed E-state index contributed by atoms with van der Waals surface area (Å²) < 4.78 is 14.9. The van der Waals surface area contributed by atoms with E-state index >= 15 is 0 Å². The predicted molar refractivity (Wildman–Crippen MR) is 72.9 cm³/mol. The second-order valence-corrected chi connectivity index (χ2v) is 4.49. The summed E-state index contributed by atoms with van der Waals surface area (Å²) in [5, 5.41) is 0. The lowest BCUT2D eigenvalue weighted by Gasteiger charge is -2.01. The molecule has 0 bridgehead atoms. The zero-order valence-corrected chi connectivity index (χ0v) is 10.4. The van der Waals surface area contributed by atoms with Crippen molar-refractivity contribution in [2.24, 2.45) is 0 Å². The number of aryl methyl sites for hydroxylation is 1. The maximum absolute atomic E-state index is 13.0. The molecule has 0 saturated carbocycles. The van der Waals surface area contributed by atoms with E-state index in [9.17, 15) is 9.18 Å². The Labute approximate surface area is 110 Å². The standard InChI is InChI=1S/C16H12FNO/c1-11-15(12-4-6-14(17)7-5-12)9-16-13(10-19)3-2-8-18(11)16/h2-10H,1H3. The molecule has 0 fully saturated rings. The van der Waals surface area contributed by atoms with E-state index < -0.39 is 0 Å². The second-order valence-electron chi connectivity index (χ2n) is 4.49. The van der Waals surface area contributed by atoms with Gasteiger partial charge < -0.3 is 4.40 Å². The van der Waals surface area contributed by atoms with Gasteiger partial charge in [-0.2, -0.15) is 0 Å². The molecule has 0 saturated heterocycles. The zero-order valence-electron chi connectivity index (χ0n) is 10.4. The number of carbonyl (C=O) groups excluding carboxylic acids is 1. The van der Waals surface area contributed by atoms with Crippen LogP contribution in [0.1, 0.15) is 16.1 Å². The molecule has 1 aromatic carbocycles. The number of hydrogen-bond donors (Lipinski definition) is 0. The topological polar surface area (TPSA) is 21.5 Å². The van der Waals surface area contributed by atoms with Crippen molar-refractivity contribution in [1.82, 2.24) is 4.40 Å². The Bertz CT molecular complexity index is 756. The summed E-state index contributed by atoms with van der Waals surface area (Å²) in [4.78, 5) is 11.1. The molecule has 0 spiro atoms. The number of aromatic nitrogens is 1. The highest BCUT2D eigenvalue weighted by atomic mass is 19.1. The van der Waals surface area contributed by atoms with Gasteiger partial charge in [-0.25, -0.2) is 4.39 Å². The number of pyridine rings is 1. The van der Waals surface area contributed by atoms with Gasteiger partial charge in [0.15, 0.2) is 6.29 Å². The van der Waals surface area contributed by atoms with E-state index in [2.05, 4.69) is 0 Å². The van der Waals surface area contributed by atoms with Crippen LogP contribution in [0.4, 0.5) is 4.39 Å². The van der Waals surface area contributed by atoms with Crippen molar-refractivity contribution in [3.8, 4) is 11.1 Å². The number of halogens is 1. The summed E-state index contributed by atoms with van der Waals surface area (Å²) in [5.74, 6) is -0.251. The van der Waals surface area contributed by atoms with Crippen LogP contribution in [0.5, 0.6) is 0 Å². The first-order valence-electron chi connectivity index (χ1n) is 6.02. The fraction of sp³-hybridized carbons (Fsp3) is 0.0625. The first kappa shape index (κ1) is 11.7. The lowest BCUT2D eigenvalue weighted by atomic mass is 10.1. The van der Waals surface area contributed by atoms with Crippen LogP contribution in [0.2, 0.25) is 0 Å². The minimum atomic E-state index is -0.251. The fourth-order valence-electron chi connectivity index (χ4n) is 2.38. The Morgan fingerprint density at radius 2 is 1.89 bits per heavy atom. The molecular formula is C16H12FNO. The molecule has 3 aromatic rings. The first-order valence-corrected chi connectivity index (χ1v) is 6.02. The molecule has 2 aromatic heterocycles. The quantitative estimate of drug-likeness (QED) is 0.635. The SMILES string of the molecule is Cc1c(-c2ccc(F)cc2)cc2c(C=O)cccn12. The highest BCUT2D eigenvalue weighted by molar-refractivity contribution is 5.89. The van der Waals surface area contributed by atoms with Crippen LogP contribution in [0.3, 0.4) is 0 Å². The normalized spacial score (nSPS) is 10.8. The van der Waals surface area contributed by atoms with Crippen molar-refractivity contribution in [1.29, 1.82) is 0 Å². The molecule has 94 valence electrons. The van der Waals surface area contributed by atoms with Crippen molar-refractivity contribution in [3.05, 3.63) is 65.7 Å². The van der Waals surface area contributed by atoms with Crippen molar-refractivity contribution in [2.75, 3.05) is 0 Å². The molecule has 0 amide bonds. The van der Waals surface area contributed by atoms with Crippen molar-refractivity contribution in [3.63, 3.8) is 0 Å². The van der Waals surface area contributed by atoms with Gasteiger partial charge in [0.2, 0.25) is 0 Å². The van der Waals surface area contributed by atoms with Gasteiger partial charge in [-0.1, -0.05) is 12.1 Å². The summed E-state index contributed by atoms with van der Waals surface area (Å²) in [6.07, 6.45) is 2.77. The predicted octanol–water partition coefficient (Wildman–Crippen LogP) is 3.87. The highest BCUT2D eigenvalue weighted by Crippen LogP contribution is 2.28. The molecule has 0 aliphatic carbocycles. The van der Waals surface area contributed by atoms with Crippen molar-refractivity contribution in [2.45, 2.75) is 6.92 Å². The van der Waals surface area contributed by atoms with E-state index in [0.717, 1.165) is 28.6 Å². The molecule has 2 nitrogen and oxygen atoms in total. The van der Waals surface area contributed by atoms with Gasteiger partial charge >= 0.3 is 0 Å². The Morgan fingerprint density at radius 1 is 1.16 bits per heavy atom. The van der Waals surface area contributed by atoms with Gasteiger partial charge in [0.25, 0.3) is 0 Å². The molecule has 0 aliphatic rings. The second kappa shape index (κ2) is 4.35. The average molecular weight is 253 g/mol. The average Bonchev–Trinajstić information content (AvgIpc) is 2.77. The lowest BCUT2D eigenvalue weighted by molar-refractivity contribution is 0.112. The van der Waals surface area contributed by atoms with Gasteiger partial charge in [-0.05, 0) is 42.8 Å². The number of benzene rings is 1. The number of fused-ring (bicyclic) bond motifs is 1. The zero-order chi connectivity index (χ0) is 13.4. The smallest absolute Gasteiger partial charge is 0.152 e. The highest BCUT2D eigenvalue weighted by Gasteiger charge is 2.10. The maximum Gasteiger partial charge on any atom is 0.152 e. The van der Waals surface area contributed by atoms with Crippen molar-refractivity contribution < 1.29 is 9.18 Å². The third kappa shape index (κ3) is 1.83. The Kier molecular flexibility index (Phi) is 2.67. The number of nitrogens with zero attached hydrogens (tertiary/aromatic N) is 1. The van der Waals surface area contributed by atoms with Crippen LogP contribution in [0.15, 0.2) is 48.7 Å². The molecule has 0 unspecified atom stereocenters. The van der Waals surface area contributed by atoms with Crippen LogP contribution < -0.4 is 0 Å². The molecule has 0 radical (unpaired) electrons. The minimum absolute atomic E-state index is 0.251. The van der Waals surface area contributed by atoms with E-state index in [-0.39, 0.29) is 5.82 Å². The molecule has 2 heterocycles. The molecular weight excluding hydrogens is 241 g/mol. The van der Waals surface area contributed by atoms with E-state index in [4.69, 9.17) is 0 Å². The summed E-state index contributed by atoms with van der Waals surface area (Å²) in [5.41, 5.74) is 4.51. The van der Waals surface area contributed by atoms with Crippen molar-refractivity contribution >= 4 is 11.8 Å². The molecule has 0 N–H and O–H groups in total. The fourth-order valence-corrected chi connectivity index (χ4v) is 2.38. The Balaban J connectivity index is 2.28. The molecule has 3 heteroatoms. The lowest BCUT2D eigenvalue weighted by Crippen LogP contribution is -1.90. The van der Waals surface area contributed by atoms with Crippen LogP contribution in [0.25, 0.3) is 16.6 Å². The third-order valence-corrected chi connectivity index (χ3v) is 3.38. The summed E-state index contributed by atoms with van der Waals surface area (Å²) >= 11 is 0. The summed E-state index contributed by atoms with van der Waals surface area (Å²) in [6.45, 7) is 1.99. The van der Waals surface area contributed by atoms with Gasteiger partial charge in [-0.15, -0.1) is 0 Å². The Hall–Kier alpha value is -2.42. The minimum Gasteiger partial charge on any atom is -0.320 e. The largest absolute Gasteiger partial charge is 0.320 e. The van der Waals surface area contributed by atoms with Crippen LogP contribution >= 0.6 is 0 Å². The first-order chi connectivity index (χ1) is 9.20. The number of rotatable bonds is 2. The van der Waals surface area contributed by atoms with E-state index in [1.807, 2.05) is 29.7 Å². The van der Waals surface area contributed by atoms with E-state index in [0.29, 0.717) is 5.56 Å². The van der Waals surface area contributed by atoms with Gasteiger partial charge in [0.05, 0.1) is 5.52 Å². The third-order valence-electron chi connectivity index (χ3n) is 3.38. The maximum atomic E-state index is 13.0. The summed E-state index contributed by atoms with van der Waals surface area (Å²) in [6, 6.07) is 12.0. The molecule has 0 aliphatic heterocycles. The molecule has 3 rings (SSSR count). The monoisotopic (exact) mass is 253 g/mol.